The SMILES string of the molecule is CCc1ccccc1-c1nnc(CCCN)s1. The fourth-order valence-corrected chi connectivity index (χ4v) is 2.70. The molecule has 90 valence electrons. The van der Waals surface area contributed by atoms with Crippen molar-refractivity contribution in [1.82, 2.24) is 10.2 Å². The van der Waals surface area contributed by atoms with E-state index in [1.807, 2.05) is 0 Å². The van der Waals surface area contributed by atoms with Crippen LogP contribution in [0.4, 0.5) is 0 Å². The number of hydrogen-bond acceptors (Lipinski definition) is 4. The van der Waals surface area contributed by atoms with E-state index in [1.165, 1.54) is 11.1 Å². The Morgan fingerprint density at radius 1 is 1.24 bits per heavy atom. The average Bonchev–Trinajstić information content (AvgIpc) is 2.85. The summed E-state index contributed by atoms with van der Waals surface area (Å²) in [5.41, 5.74) is 8.04. The highest BCUT2D eigenvalue weighted by Crippen LogP contribution is 2.27. The maximum atomic E-state index is 5.50. The summed E-state index contributed by atoms with van der Waals surface area (Å²) in [6.45, 7) is 2.87. The quantitative estimate of drug-likeness (QED) is 0.883. The van der Waals surface area contributed by atoms with Gasteiger partial charge in [0.1, 0.15) is 10.0 Å². The van der Waals surface area contributed by atoms with Gasteiger partial charge in [0.05, 0.1) is 0 Å². The molecule has 0 amide bonds. The van der Waals surface area contributed by atoms with Gasteiger partial charge in [0.15, 0.2) is 0 Å². The van der Waals surface area contributed by atoms with Crippen molar-refractivity contribution in [3.63, 3.8) is 0 Å². The van der Waals surface area contributed by atoms with Crippen LogP contribution < -0.4 is 5.73 Å². The third-order valence-corrected chi connectivity index (χ3v) is 3.71. The number of nitrogens with two attached hydrogens (primary N) is 1. The molecule has 0 atom stereocenters. The Hall–Kier alpha value is -1.26. The maximum Gasteiger partial charge on any atom is 0.148 e. The van der Waals surface area contributed by atoms with Gasteiger partial charge in [0, 0.05) is 12.0 Å². The largest absolute Gasteiger partial charge is 0.330 e. The van der Waals surface area contributed by atoms with E-state index in [1.54, 1.807) is 11.3 Å². The minimum absolute atomic E-state index is 0.709. The van der Waals surface area contributed by atoms with Crippen molar-refractivity contribution in [2.24, 2.45) is 5.73 Å². The van der Waals surface area contributed by atoms with E-state index in [9.17, 15) is 0 Å². The van der Waals surface area contributed by atoms with Gasteiger partial charge in [-0.2, -0.15) is 0 Å². The van der Waals surface area contributed by atoms with Crippen molar-refractivity contribution in [3.05, 3.63) is 34.8 Å². The van der Waals surface area contributed by atoms with Crippen LogP contribution in [0.5, 0.6) is 0 Å². The van der Waals surface area contributed by atoms with Crippen molar-refractivity contribution in [1.29, 1.82) is 0 Å². The van der Waals surface area contributed by atoms with E-state index in [0.717, 1.165) is 29.3 Å². The highest BCUT2D eigenvalue weighted by atomic mass is 32.1. The summed E-state index contributed by atoms with van der Waals surface area (Å²) in [5, 5.41) is 10.6. The van der Waals surface area contributed by atoms with E-state index in [2.05, 4.69) is 41.4 Å². The lowest BCUT2D eigenvalue weighted by molar-refractivity contribution is 0.812. The molecule has 1 aromatic carbocycles. The summed E-state index contributed by atoms with van der Waals surface area (Å²) in [6, 6.07) is 8.39. The standard InChI is InChI=1S/C13H17N3S/c1-2-10-6-3-4-7-11(10)13-16-15-12(17-13)8-5-9-14/h3-4,6-7H,2,5,8-9,14H2,1H3. The summed E-state index contributed by atoms with van der Waals surface area (Å²) < 4.78 is 0. The third-order valence-electron chi connectivity index (χ3n) is 2.69. The molecule has 2 N–H and O–H groups in total. The molecule has 1 heterocycles. The molecule has 0 aliphatic carbocycles. The number of rotatable bonds is 5. The molecule has 0 aliphatic rings. The van der Waals surface area contributed by atoms with Gasteiger partial charge < -0.3 is 5.73 Å². The van der Waals surface area contributed by atoms with Crippen LogP contribution in [0, 0.1) is 0 Å². The molecule has 0 saturated heterocycles. The highest BCUT2D eigenvalue weighted by Gasteiger charge is 2.09. The molecule has 17 heavy (non-hydrogen) atoms. The van der Waals surface area contributed by atoms with Gasteiger partial charge in [-0.25, -0.2) is 0 Å². The zero-order valence-electron chi connectivity index (χ0n) is 10.0. The summed E-state index contributed by atoms with van der Waals surface area (Å²) in [5.74, 6) is 0. The molecule has 0 bridgehead atoms. The molecule has 3 nitrogen and oxygen atoms in total. The van der Waals surface area contributed by atoms with Gasteiger partial charge in [-0.1, -0.05) is 42.5 Å². The molecule has 0 unspecified atom stereocenters. The first-order valence-corrected chi connectivity index (χ1v) is 6.77. The Morgan fingerprint density at radius 3 is 2.82 bits per heavy atom. The molecule has 0 aliphatic heterocycles. The lowest BCUT2D eigenvalue weighted by Gasteiger charge is -2.02. The van der Waals surface area contributed by atoms with E-state index >= 15 is 0 Å². The van der Waals surface area contributed by atoms with Crippen LogP contribution >= 0.6 is 11.3 Å². The zero-order chi connectivity index (χ0) is 12.1. The van der Waals surface area contributed by atoms with Gasteiger partial charge in [0.2, 0.25) is 0 Å². The molecule has 0 fully saturated rings. The Morgan fingerprint density at radius 2 is 2.06 bits per heavy atom. The average molecular weight is 247 g/mol. The fraction of sp³-hybridized carbons (Fsp3) is 0.385. The van der Waals surface area contributed by atoms with E-state index in [4.69, 9.17) is 5.73 Å². The Bertz CT molecular complexity index is 479. The maximum absolute atomic E-state index is 5.50. The number of hydrogen-bond donors (Lipinski definition) is 1. The topological polar surface area (TPSA) is 51.8 Å². The number of nitrogens with zero attached hydrogens (tertiary/aromatic N) is 2. The van der Waals surface area contributed by atoms with Crippen molar-refractivity contribution < 1.29 is 0 Å². The minimum atomic E-state index is 0.709. The molecular weight excluding hydrogens is 230 g/mol. The first-order chi connectivity index (χ1) is 8.35. The number of aromatic nitrogens is 2. The van der Waals surface area contributed by atoms with Gasteiger partial charge in [-0.05, 0) is 24.9 Å². The van der Waals surface area contributed by atoms with Gasteiger partial charge in [0.25, 0.3) is 0 Å². The van der Waals surface area contributed by atoms with Crippen LogP contribution in [0.2, 0.25) is 0 Å². The second-order valence-electron chi connectivity index (χ2n) is 3.90. The summed E-state index contributed by atoms with van der Waals surface area (Å²) >= 11 is 1.68. The van der Waals surface area contributed by atoms with Crippen LogP contribution in [0.15, 0.2) is 24.3 Å². The van der Waals surface area contributed by atoms with Crippen LogP contribution in [0.3, 0.4) is 0 Å². The summed E-state index contributed by atoms with van der Waals surface area (Å²) in [4.78, 5) is 0. The van der Waals surface area contributed by atoms with Crippen molar-refractivity contribution >= 4 is 11.3 Å². The molecule has 0 spiro atoms. The lowest BCUT2D eigenvalue weighted by atomic mass is 10.1. The van der Waals surface area contributed by atoms with Gasteiger partial charge in [-0.15, -0.1) is 10.2 Å². The Labute approximate surface area is 106 Å². The van der Waals surface area contributed by atoms with Crippen molar-refractivity contribution in [2.45, 2.75) is 26.2 Å². The Kier molecular flexibility index (Phi) is 4.23. The number of aryl methyl sites for hydroxylation is 2. The molecule has 2 aromatic rings. The van der Waals surface area contributed by atoms with Gasteiger partial charge in [-0.3, -0.25) is 0 Å². The third kappa shape index (κ3) is 2.90. The highest BCUT2D eigenvalue weighted by molar-refractivity contribution is 7.14. The summed E-state index contributed by atoms with van der Waals surface area (Å²) in [6.07, 6.45) is 2.93. The van der Waals surface area contributed by atoms with Crippen LogP contribution in [-0.4, -0.2) is 16.7 Å². The first kappa shape index (κ1) is 12.2. The molecule has 1 aromatic heterocycles. The van der Waals surface area contributed by atoms with Crippen LogP contribution in [0.25, 0.3) is 10.6 Å². The second-order valence-corrected chi connectivity index (χ2v) is 4.97. The van der Waals surface area contributed by atoms with E-state index in [0.29, 0.717) is 6.54 Å². The smallest absolute Gasteiger partial charge is 0.148 e. The lowest BCUT2D eigenvalue weighted by Crippen LogP contribution is -1.99. The summed E-state index contributed by atoms with van der Waals surface area (Å²) in [7, 11) is 0. The predicted octanol–water partition coefficient (Wildman–Crippen LogP) is 2.66. The van der Waals surface area contributed by atoms with E-state index in [-0.39, 0.29) is 0 Å². The predicted molar refractivity (Wildman–Crippen MR) is 72.1 cm³/mol. The first-order valence-electron chi connectivity index (χ1n) is 5.96. The normalized spacial score (nSPS) is 10.7. The molecule has 0 radical (unpaired) electrons. The van der Waals surface area contributed by atoms with Crippen LogP contribution in [-0.2, 0) is 12.8 Å². The Balaban J connectivity index is 2.24. The number of benzene rings is 1. The zero-order valence-corrected chi connectivity index (χ0v) is 10.8. The van der Waals surface area contributed by atoms with Crippen molar-refractivity contribution in [3.8, 4) is 10.6 Å². The van der Waals surface area contributed by atoms with Crippen LogP contribution in [0.1, 0.15) is 23.9 Å². The molecule has 2 rings (SSSR count). The molecule has 4 heteroatoms. The second kappa shape index (κ2) is 5.89. The minimum Gasteiger partial charge on any atom is -0.330 e. The fourth-order valence-electron chi connectivity index (χ4n) is 1.75. The van der Waals surface area contributed by atoms with E-state index < -0.39 is 0 Å². The molecular formula is C13H17N3S. The molecule has 0 saturated carbocycles. The monoisotopic (exact) mass is 247 g/mol. The van der Waals surface area contributed by atoms with Crippen molar-refractivity contribution in [2.75, 3.05) is 6.54 Å². The van der Waals surface area contributed by atoms with Gasteiger partial charge >= 0.3 is 0 Å².